The number of aromatic nitrogens is 2. The van der Waals surface area contributed by atoms with Gasteiger partial charge in [-0.2, -0.15) is 0 Å². The molecule has 0 fully saturated rings. The van der Waals surface area contributed by atoms with Gasteiger partial charge >= 0.3 is 0 Å². The first-order chi connectivity index (χ1) is 27.4. The van der Waals surface area contributed by atoms with Gasteiger partial charge in [0.05, 0.1) is 11.4 Å². The van der Waals surface area contributed by atoms with Crippen molar-refractivity contribution in [1.29, 1.82) is 0 Å². The molecule has 2 nitrogen and oxygen atoms in total. The molecule has 0 aliphatic heterocycles. The number of hydrogen-bond acceptors (Lipinski definition) is 2. The lowest BCUT2D eigenvalue weighted by atomic mass is 9.81. The fourth-order valence-corrected chi connectivity index (χ4v) is 8.24. The summed E-state index contributed by atoms with van der Waals surface area (Å²) >= 11 is 0. The minimum Gasteiger partial charge on any atom is -0.256 e. The monoisotopic (exact) mass is 716 g/mol. The quantitative estimate of drug-likeness (QED) is 0.160. The van der Waals surface area contributed by atoms with E-state index in [9.17, 15) is 0 Å². The van der Waals surface area contributed by atoms with Crippen LogP contribution in [0.2, 0.25) is 0 Å². The third-order valence-corrected chi connectivity index (χ3v) is 11.3. The van der Waals surface area contributed by atoms with E-state index in [0.29, 0.717) is 0 Å². The molecule has 0 bridgehead atoms. The van der Waals surface area contributed by atoms with Crippen molar-refractivity contribution in [1.82, 2.24) is 9.97 Å². The average molecular weight is 717 g/mol. The van der Waals surface area contributed by atoms with Crippen LogP contribution in [-0.4, -0.2) is 9.97 Å². The van der Waals surface area contributed by atoms with E-state index in [1.807, 2.05) is 36.7 Å². The smallest absolute Gasteiger partial charge is 0.0701 e. The standard InChI is InChI=1S/C54H40N2/c1-54(2,3)45-32-43-26-28-46-48(39-18-10-35(11-19-39)37-14-22-41(23-15-37)50-8-4-6-30-55-50)34-49(47-29-27-44(33-45)52(43)53(46)47)40-20-12-36(13-21-40)38-16-24-42(25-17-38)51-9-5-7-31-56-51/h4-34H,1-3H3. The zero-order valence-electron chi connectivity index (χ0n) is 31.8. The van der Waals surface area contributed by atoms with E-state index in [4.69, 9.17) is 0 Å². The molecule has 0 spiro atoms. The number of pyridine rings is 2. The first-order valence-electron chi connectivity index (χ1n) is 19.4. The largest absolute Gasteiger partial charge is 0.256 e. The second-order valence-electron chi connectivity index (χ2n) is 15.9. The van der Waals surface area contributed by atoms with Crippen LogP contribution in [0.5, 0.6) is 0 Å². The maximum absolute atomic E-state index is 4.52. The van der Waals surface area contributed by atoms with Crippen molar-refractivity contribution in [2.75, 3.05) is 0 Å². The molecule has 56 heavy (non-hydrogen) atoms. The van der Waals surface area contributed by atoms with Gasteiger partial charge in [0.15, 0.2) is 0 Å². The van der Waals surface area contributed by atoms with Gasteiger partial charge < -0.3 is 0 Å². The Morgan fingerprint density at radius 1 is 0.339 bits per heavy atom. The van der Waals surface area contributed by atoms with Crippen LogP contribution < -0.4 is 0 Å². The molecule has 0 saturated heterocycles. The molecule has 0 aliphatic carbocycles. The molecule has 0 atom stereocenters. The van der Waals surface area contributed by atoms with Gasteiger partial charge in [0.1, 0.15) is 0 Å². The van der Waals surface area contributed by atoms with E-state index in [1.165, 1.54) is 82.4 Å². The maximum Gasteiger partial charge on any atom is 0.0701 e. The van der Waals surface area contributed by atoms with E-state index in [0.717, 1.165) is 22.5 Å². The van der Waals surface area contributed by atoms with E-state index >= 15 is 0 Å². The molecular weight excluding hydrogens is 677 g/mol. The highest BCUT2D eigenvalue weighted by Gasteiger charge is 2.20. The minimum absolute atomic E-state index is 0.0573. The molecule has 0 amide bonds. The Morgan fingerprint density at radius 2 is 0.714 bits per heavy atom. The van der Waals surface area contributed by atoms with Gasteiger partial charge in [-0.1, -0.05) is 166 Å². The van der Waals surface area contributed by atoms with Gasteiger partial charge in [-0.25, -0.2) is 0 Å². The molecule has 0 aliphatic rings. The summed E-state index contributed by atoms with van der Waals surface area (Å²) in [6, 6.07) is 64.2. The normalized spacial score (nSPS) is 11.8. The summed E-state index contributed by atoms with van der Waals surface area (Å²) in [4.78, 5) is 9.05. The Labute approximate surface area is 328 Å². The molecule has 2 heterocycles. The van der Waals surface area contributed by atoms with Crippen molar-refractivity contribution in [2.24, 2.45) is 0 Å². The molecule has 266 valence electrons. The van der Waals surface area contributed by atoms with E-state index in [2.05, 4.69) is 182 Å². The summed E-state index contributed by atoms with van der Waals surface area (Å²) in [6.07, 6.45) is 3.68. The Hall–Kier alpha value is -6.90. The highest BCUT2D eigenvalue weighted by atomic mass is 14.7. The molecule has 8 aromatic carbocycles. The van der Waals surface area contributed by atoms with E-state index in [1.54, 1.807) is 0 Å². The molecule has 0 unspecified atom stereocenters. The number of hydrogen-bond donors (Lipinski definition) is 0. The predicted octanol–water partition coefficient (Wildman–Crippen LogP) is 14.7. The highest BCUT2D eigenvalue weighted by Crippen LogP contribution is 2.45. The summed E-state index contributed by atoms with van der Waals surface area (Å²) in [5.74, 6) is 0. The molecule has 2 heteroatoms. The molecule has 0 radical (unpaired) electrons. The van der Waals surface area contributed by atoms with E-state index < -0.39 is 0 Å². The molecule has 0 N–H and O–H groups in total. The third kappa shape index (κ3) is 6.01. The van der Waals surface area contributed by atoms with E-state index in [-0.39, 0.29) is 5.41 Å². The fraction of sp³-hybridized carbons (Fsp3) is 0.0741. The van der Waals surface area contributed by atoms with Crippen molar-refractivity contribution in [3.05, 3.63) is 194 Å². The first kappa shape index (κ1) is 33.7. The zero-order chi connectivity index (χ0) is 37.8. The van der Waals surface area contributed by atoms with Crippen LogP contribution in [0, 0.1) is 0 Å². The second-order valence-corrected chi connectivity index (χ2v) is 15.9. The number of nitrogens with zero attached hydrogens (tertiary/aromatic N) is 2. The van der Waals surface area contributed by atoms with Crippen molar-refractivity contribution in [2.45, 2.75) is 26.2 Å². The molecule has 0 saturated carbocycles. The van der Waals surface area contributed by atoms with Crippen molar-refractivity contribution >= 4 is 32.3 Å². The Bertz CT molecular complexity index is 2780. The van der Waals surface area contributed by atoms with Gasteiger partial charge in [-0.05, 0) is 118 Å². The summed E-state index contributed by atoms with van der Waals surface area (Å²) in [5, 5.41) is 7.82. The number of rotatable bonds is 6. The zero-order valence-corrected chi connectivity index (χ0v) is 31.8. The summed E-state index contributed by atoms with van der Waals surface area (Å²) in [5.41, 5.74) is 15.3. The Morgan fingerprint density at radius 3 is 1.07 bits per heavy atom. The van der Waals surface area contributed by atoms with Gasteiger partial charge in [0, 0.05) is 23.5 Å². The molecule has 10 rings (SSSR count). The van der Waals surface area contributed by atoms with Crippen LogP contribution in [-0.2, 0) is 5.41 Å². The third-order valence-electron chi connectivity index (χ3n) is 11.3. The lowest BCUT2D eigenvalue weighted by Gasteiger charge is -2.23. The van der Waals surface area contributed by atoms with Crippen molar-refractivity contribution in [3.8, 4) is 67.0 Å². The fourth-order valence-electron chi connectivity index (χ4n) is 8.24. The molecule has 10 aromatic rings. The summed E-state index contributed by atoms with van der Waals surface area (Å²) in [7, 11) is 0. The number of benzene rings is 8. The van der Waals surface area contributed by atoms with Gasteiger partial charge in [-0.3, -0.25) is 9.97 Å². The lowest BCUT2D eigenvalue weighted by molar-refractivity contribution is 0.591. The van der Waals surface area contributed by atoms with Crippen LogP contribution in [0.15, 0.2) is 188 Å². The highest BCUT2D eigenvalue weighted by molar-refractivity contribution is 6.28. The van der Waals surface area contributed by atoms with Crippen LogP contribution >= 0.6 is 0 Å². The molecule has 2 aromatic heterocycles. The van der Waals surface area contributed by atoms with Crippen molar-refractivity contribution < 1.29 is 0 Å². The lowest BCUT2D eigenvalue weighted by Crippen LogP contribution is -2.10. The Kier molecular flexibility index (Phi) is 8.08. The predicted molar refractivity (Wildman–Crippen MR) is 237 cm³/mol. The minimum atomic E-state index is 0.0573. The summed E-state index contributed by atoms with van der Waals surface area (Å²) in [6.45, 7) is 6.90. The second kappa shape index (κ2) is 13.4. The van der Waals surface area contributed by atoms with Gasteiger partial charge in [-0.15, -0.1) is 0 Å². The summed E-state index contributed by atoms with van der Waals surface area (Å²) < 4.78 is 0. The first-order valence-corrected chi connectivity index (χ1v) is 19.4. The maximum atomic E-state index is 4.52. The van der Waals surface area contributed by atoms with Crippen LogP contribution in [0.25, 0.3) is 99.3 Å². The average Bonchev–Trinajstić information content (AvgIpc) is 3.26. The molecular formula is C54H40N2. The Balaban J connectivity index is 1.08. The SMILES string of the molecule is CC(C)(C)c1cc2ccc3c(-c4ccc(-c5ccc(-c6ccccn6)cc5)cc4)cc(-c4ccc(-c5ccc(-c6ccccn6)cc5)cc4)c4ccc(c1)c2c34. The van der Waals surface area contributed by atoms with Crippen LogP contribution in [0.1, 0.15) is 26.3 Å². The van der Waals surface area contributed by atoms with Crippen LogP contribution in [0.3, 0.4) is 0 Å². The van der Waals surface area contributed by atoms with Gasteiger partial charge in [0.25, 0.3) is 0 Å². The topological polar surface area (TPSA) is 25.8 Å². The van der Waals surface area contributed by atoms with Gasteiger partial charge in [0.2, 0.25) is 0 Å². The van der Waals surface area contributed by atoms with Crippen LogP contribution in [0.4, 0.5) is 0 Å². The van der Waals surface area contributed by atoms with Crippen molar-refractivity contribution in [3.63, 3.8) is 0 Å².